The molecule has 6 heteroatoms. The SMILES string of the molecule is O=C(Nc1ccc(-c2cscn2)cc1)C1CCCN(Cc2cccc(F)c2)C1. The lowest BCUT2D eigenvalue weighted by atomic mass is 9.96. The molecular weight excluding hydrogens is 373 g/mol. The number of aromatic nitrogens is 1. The average molecular weight is 396 g/mol. The van der Waals surface area contributed by atoms with E-state index in [1.165, 1.54) is 6.07 Å². The van der Waals surface area contributed by atoms with E-state index in [0.717, 1.165) is 41.9 Å². The number of carbonyl (C=O) groups is 1. The standard InChI is InChI=1S/C22H22FN3OS/c23-19-5-1-3-16(11-19)12-26-10-2-4-18(13-26)22(27)25-20-8-6-17(7-9-20)21-14-28-15-24-21/h1,3,5-9,11,14-15,18H,2,4,10,12-13H2,(H,25,27). The predicted octanol–water partition coefficient (Wildman–Crippen LogP) is 4.80. The highest BCUT2D eigenvalue weighted by Gasteiger charge is 2.26. The zero-order valence-corrected chi connectivity index (χ0v) is 16.3. The van der Waals surface area contributed by atoms with Gasteiger partial charge in [-0.05, 0) is 49.2 Å². The lowest BCUT2D eigenvalue weighted by Gasteiger charge is -2.32. The molecule has 4 nitrogen and oxygen atoms in total. The smallest absolute Gasteiger partial charge is 0.228 e. The van der Waals surface area contributed by atoms with Crippen molar-refractivity contribution in [3.63, 3.8) is 0 Å². The quantitative estimate of drug-likeness (QED) is 0.675. The van der Waals surface area contributed by atoms with Crippen LogP contribution in [0.2, 0.25) is 0 Å². The van der Waals surface area contributed by atoms with Gasteiger partial charge < -0.3 is 5.32 Å². The largest absolute Gasteiger partial charge is 0.326 e. The van der Waals surface area contributed by atoms with Crippen LogP contribution in [-0.4, -0.2) is 28.9 Å². The molecular formula is C22H22FN3OS. The summed E-state index contributed by atoms with van der Waals surface area (Å²) >= 11 is 1.56. The molecule has 0 radical (unpaired) electrons. The van der Waals surface area contributed by atoms with Crippen LogP contribution < -0.4 is 5.32 Å². The van der Waals surface area contributed by atoms with Gasteiger partial charge in [0.05, 0.1) is 17.1 Å². The van der Waals surface area contributed by atoms with Crippen LogP contribution in [0.4, 0.5) is 10.1 Å². The molecule has 3 aromatic rings. The van der Waals surface area contributed by atoms with E-state index in [1.807, 2.05) is 41.2 Å². The highest BCUT2D eigenvalue weighted by Crippen LogP contribution is 2.23. The van der Waals surface area contributed by atoms with Crippen molar-refractivity contribution in [1.29, 1.82) is 0 Å². The molecule has 1 saturated heterocycles. The van der Waals surface area contributed by atoms with Crippen LogP contribution in [0.5, 0.6) is 0 Å². The topological polar surface area (TPSA) is 45.2 Å². The molecule has 4 rings (SSSR count). The number of carbonyl (C=O) groups excluding carboxylic acids is 1. The monoisotopic (exact) mass is 395 g/mol. The summed E-state index contributed by atoms with van der Waals surface area (Å²) in [5, 5.41) is 5.04. The number of anilines is 1. The molecule has 2 aromatic carbocycles. The molecule has 144 valence electrons. The summed E-state index contributed by atoms with van der Waals surface area (Å²) in [7, 11) is 0. The van der Waals surface area contributed by atoms with Gasteiger partial charge in [-0.1, -0.05) is 24.3 Å². The van der Waals surface area contributed by atoms with Gasteiger partial charge >= 0.3 is 0 Å². The minimum atomic E-state index is -0.218. The van der Waals surface area contributed by atoms with Crippen LogP contribution in [0.3, 0.4) is 0 Å². The Morgan fingerprint density at radius 3 is 2.86 bits per heavy atom. The molecule has 28 heavy (non-hydrogen) atoms. The van der Waals surface area contributed by atoms with E-state index >= 15 is 0 Å². The molecule has 0 aliphatic carbocycles. The number of likely N-dealkylation sites (tertiary alicyclic amines) is 1. The normalized spacial score (nSPS) is 17.4. The van der Waals surface area contributed by atoms with Crippen molar-refractivity contribution >= 4 is 22.9 Å². The second kappa shape index (κ2) is 8.63. The van der Waals surface area contributed by atoms with Crippen molar-refractivity contribution < 1.29 is 9.18 Å². The van der Waals surface area contributed by atoms with Gasteiger partial charge in [0.25, 0.3) is 0 Å². The number of rotatable bonds is 5. The van der Waals surface area contributed by atoms with Gasteiger partial charge in [0, 0.05) is 29.7 Å². The third-order valence-electron chi connectivity index (χ3n) is 5.05. The minimum absolute atomic E-state index is 0.0466. The Balaban J connectivity index is 1.35. The first-order chi connectivity index (χ1) is 13.7. The lowest BCUT2D eigenvalue weighted by Crippen LogP contribution is -2.40. The van der Waals surface area contributed by atoms with E-state index in [-0.39, 0.29) is 17.6 Å². The summed E-state index contributed by atoms with van der Waals surface area (Å²) < 4.78 is 13.4. The molecule has 1 unspecified atom stereocenters. The minimum Gasteiger partial charge on any atom is -0.326 e. The maximum Gasteiger partial charge on any atom is 0.228 e. The predicted molar refractivity (Wildman–Crippen MR) is 111 cm³/mol. The first kappa shape index (κ1) is 18.8. The molecule has 0 bridgehead atoms. The zero-order chi connectivity index (χ0) is 19.3. The molecule has 1 N–H and O–H groups in total. The average Bonchev–Trinajstić information content (AvgIpc) is 3.24. The van der Waals surface area contributed by atoms with E-state index < -0.39 is 0 Å². The Bertz CT molecular complexity index is 927. The number of thiazole rings is 1. The first-order valence-electron chi connectivity index (χ1n) is 9.44. The molecule has 1 atom stereocenters. The number of amides is 1. The molecule has 1 aromatic heterocycles. The van der Waals surface area contributed by atoms with Crippen molar-refractivity contribution in [2.45, 2.75) is 19.4 Å². The summed E-state index contributed by atoms with van der Waals surface area (Å²) in [5.74, 6) is -0.226. The number of nitrogens with zero attached hydrogens (tertiary/aromatic N) is 2. The molecule has 2 heterocycles. The Morgan fingerprint density at radius 1 is 1.25 bits per heavy atom. The maximum absolute atomic E-state index is 13.4. The summed E-state index contributed by atoms with van der Waals surface area (Å²) in [5.41, 5.74) is 5.54. The summed E-state index contributed by atoms with van der Waals surface area (Å²) in [6.07, 6.45) is 1.85. The van der Waals surface area contributed by atoms with E-state index in [4.69, 9.17) is 0 Å². The van der Waals surface area contributed by atoms with Crippen LogP contribution in [0.15, 0.2) is 59.4 Å². The van der Waals surface area contributed by atoms with Crippen LogP contribution >= 0.6 is 11.3 Å². The molecule has 1 amide bonds. The lowest BCUT2D eigenvalue weighted by molar-refractivity contribution is -0.121. The molecule has 1 aliphatic rings. The number of hydrogen-bond acceptors (Lipinski definition) is 4. The fourth-order valence-corrected chi connectivity index (χ4v) is 4.19. The number of halogens is 1. The molecule has 1 fully saturated rings. The van der Waals surface area contributed by atoms with E-state index in [9.17, 15) is 9.18 Å². The van der Waals surface area contributed by atoms with Crippen molar-refractivity contribution in [3.8, 4) is 11.3 Å². The summed E-state index contributed by atoms with van der Waals surface area (Å²) in [4.78, 5) is 19.3. The number of nitrogens with one attached hydrogen (secondary N) is 1. The Hall–Kier alpha value is -2.57. The number of piperidine rings is 1. The van der Waals surface area contributed by atoms with Crippen molar-refractivity contribution in [2.75, 3.05) is 18.4 Å². The Morgan fingerprint density at radius 2 is 2.11 bits per heavy atom. The fraction of sp³-hybridized carbons (Fsp3) is 0.273. The summed E-state index contributed by atoms with van der Waals surface area (Å²) in [6, 6.07) is 14.5. The van der Waals surface area contributed by atoms with Crippen LogP contribution in [0.1, 0.15) is 18.4 Å². The second-order valence-electron chi connectivity index (χ2n) is 7.14. The Kier molecular flexibility index (Phi) is 5.78. The third kappa shape index (κ3) is 4.64. The van der Waals surface area contributed by atoms with Crippen molar-refractivity contribution in [3.05, 3.63) is 70.8 Å². The maximum atomic E-state index is 13.4. The van der Waals surface area contributed by atoms with Crippen LogP contribution in [-0.2, 0) is 11.3 Å². The van der Waals surface area contributed by atoms with Gasteiger partial charge in [0.15, 0.2) is 0 Å². The van der Waals surface area contributed by atoms with E-state index in [2.05, 4.69) is 15.2 Å². The van der Waals surface area contributed by atoms with E-state index in [0.29, 0.717) is 13.1 Å². The number of hydrogen-bond donors (Lipinski definition) is 1. The van der Waals surface area contributed by atoms with Gasteiger partial charge in [-0.15, -0.1) is 11.3 Å². The fourth-order valence-electron chi connectivity index (χ4n) is 3.63. The number of benzene rings is 2. The zero-order valence-electron chi connectivity index (χ0n) is 15.5. The van der Waals surface area contributed by atoms with Gasteiger partial charge in [0.2, 0.25) is 5.91 Å². The van der Waals surface area contributed by atoms with E-state index in [1.54, 1.807) is 23.5 Å². The second-order valence-corrected chi connectivity index (χ2v) is 7.86. The van der Waals surface area contributed by atoms with Gasteiger partial charge in [-0.25, -0.2) is 9.37 Å². The van der Waals surface area contributed by atoms with Gasteiger partial charge in [-0.3, -0.25) is 9.69 Å². The highest BCUT2D eigenvalue weighted by molar-refractivity contribution is 7.07. The third-order valence-corrected chi connectivity index (χ3v) is 5.64. The van der Waals surface area contributed by atoms with Crippen LogP contribution in [0.25, 0.3) is 11.3 Å². The molecule has 0 saturated carbocycles. The first-order valence-corrected chi connectivity index (χ1v) is 10.4. The Labute approximate surface area is 168 Å². The molecule has 1 aliphatic heterocycles. The van der Waals surface area contributed by atoms with Crippen molar-refractivity contribution in [1.82, 2.24) is 9.88 Å². The van der Waals surface area contributed by atoms with Gasteiger partial charge in [-0.2, -0.15) is 0 Å². The van der Waals surface area contributed by atoms with Crippen LogP contribution in [0, 0.1) is 11.7 Å². The van der Waals surface area contributed by atoms with Crippen molar-refractivity contribution in [2.24, 2.45) is 5.92 Å². The highest BCUT2D eigenvalue weighted by atomic mass is 32.1. The molecule has 0 spiro atoms. The van der Waals surface area contributed by atoms with Gasteiger partial charge in [0.1, 0.15) is 5.82 Å². The summed E-state index contributed by atoms with van der Waals surface area (Å²) in [6.45, 7) is 2.30.